The van der Waals surface area contributed by atoms with Gasteiger partial charge in [0.25, 0.3) is 0 Å². The second kappa shape index (κ2) is 4.72. The first-order chi connectivity index (χ1) is 8.13. The third-order valence-electron chi connectivity index (χ3n) is 2.96. The Morgan fingerprint density at radius 3 is 2.29 bits per heavy atom. The fourth-order valence-electron chi connectivity index (χ4n) is 2.11. The maximum Gasteiger partial charge on any atom is 0.129 e. The molecule has 0 bridgehead atoms. The number of nitrogens with one attached hydrogen (secondary N) is 1. The Kier molecular flexibility index (Phi) is 3.29. The van der Waals surface area contributed by atoms with Crippen LogP contribution in [0.25, 0.3) is 0 Å². The lowest BCUT2D eigenvalue weighted by atomic mass is 9.97. The molecule has 1 N–H and O–H groups in total. The Labute approximate surface area is 100 Å². The third-order valence-corrected chi connectivity index (χ3v) is 2.96. The fraction of sp³-hybridized carbons (Fsp3) is 0.286. The van der Waals surface area contributed by atoms with Crippen molar-refractivity contribution in [3.8, 4) is 0 Å². The van der Waals surface area contributed by atoms with Crippen LogP contribution in [-0.4, -0.2) is 7.05 Å². The Morgan fingerprint density at radius 1 is 1.18 bits per heavy atom. The first-order valence-corrected chi connectivity index (χ1v) is 5.59. The van der Waals surface area contributed by atoms with E-state index >= 15 is 0 Å². The van der Waals surface area contributed by atoms with Gasteiger partial charge in [-0.05, 0) is 43.7 Å². The first kappa shape index (κ1) is 11.9. The summed E-state index contributed by atoms with van der Waals surface area (Å²) >= 11 is 0. The van der Waals surface area contributed by atoms with Gasteiger partial charge in [0.15, 0.2) is 0 Å². The lowest BCUT2D eigenvalue weighted by Crippen LogP contribution is -2.17. The molecule has 3 heteroatoms. The van der Waals surface area contributed by atoms with Crippen molar-refractivity contribution in [3.05, 3.63) is 58.8 Å². The van der Waals surface area contributed by atoms with Crippen LogP contribution in [0.15, 0.2) is 35.1 Å². The van der Waals surface area contributed by atoms with Crippen LogP contribution in [0.3, 0.4) is 0 Å². The monoisotopic (exact) mass is 233 g/mol. The van der Waals surface area contributed by atoms with Crippen LogP contribution in [0.5, 0.6) is 0 Å². The molecule has 1 atom stereocenters. The quantitative estimate of drug-likeness (QED) is 0.879. The Balaban J connectivity index is 2.45. The van der Waals surface area contributed by atoms with E-state index in [1.807, 2.05) is 25.2 Å². The predicted molar refractivity (Wildman–Crippen MR) is 65.5 cm³/mol. The topological polar surface area (TPSA) is 25.2 Å². The zero-order chi connectivity index (χ0) is 12.4. The summed E-state index contributed by atoms with van der Waals surface area (Å²) < 4.78 is 18.7. The summed E-state index contributed by atoms with van der Waals surface area (Å²) in [6, 6.07) is 5.69. The molecule has 1 unspecified atom stereocenters. The summed E-state index contributed by atoms with van der Waals surface area (Å²) in [7, 11) is 1.88. The van der Waals surface area contributed by atoms with Crippen molar-refractivity contribution >= 4 is 0 Å². The molecule has 17 heavy (non-hydrogen) atoms. The highest BCUT2D eigenvalue weighted by Crippen LogP contribution is 2.25. The van der Waals surface area contributed by atoms with Gasteiger partial charge in [-0.3, -0.25) is 0 Å². The van der Waals surface area contributed by atoms with E-state index in [2.05, 4.69) is 5.32 Å². The molecule has 0 saturated heterocycles. The number of rotatable bonds is 3. The van der Waals surface area contributed by atoms with Gasteiger partial charge in [0.2, 0.25) is 0 Å². The largest absolute Gasteiger partial charge is 0.472 e. The van der Waals surface area contributed by atoms with Gasteiger partial charge < -0.3 is 9.73 Å². The van der Waals surface area contributed by atoms with Crippen LogP contribution >= 0.6 is 0 Å². The molecule has 0 saturated carbocycles. The van der Waals surface area contributed by atoms with Crippen molar-refractivity contribution in [2.45, 2.75) is 19.9 Å². The Hall–Kier alpha value is -1.61. The minimum absolute atomic E-state index is 0.0340. The molecule has 90 valence electrons. The second-order valence-corrected chi connectivity index (χ2v) is 4.25. The summed E-state index contributed by atoms with van der Waals surface area (Å²) in [4.78, 5) is 0. The minimum Gasteiger partial charge on any atom is -0.472 e. The van der Waals surface area contributed by atoms with Crippen LogP contribution in [-0.2, 0) is 0 Å². The van der Waals surface area contributed by atoms with Crippen molar-refractivity contribution in [3.63, 3.8) is 0 Å². The third kappa shape index (κ3) is 2.24. The molecule has 0 amide bonds. The van der Waals surface area contributed by atoms with Crippen molar-refractivity contribution in [2.24, 2.45) is 0 Å². The molecule has 0 radical (unpaired) electrons. The number of benzene rings is 1. The fourth-order valence-corrected chi connectivity index (χ4v) is 2.11. The molecule has 2 rings (SSSR count). The molecular weight excluding hydrogens is 217 g/mol. The van der Waals surface area contributed by atoms with Crippen LogP contribution in [0.2, 0.25) is 0 Å². The molecule has 1 aromatic heterocycles. The molecular formula is C14H16FNO. The Bertz CT molecular complexity index is 482. The highest BCUT2D eigenvalue weighted by molar-refractivity contribution is 5.36. The summed E-state index contributed by atoms with van der Waals surface area (Å²) in [6.07, 6.45) is 3.35. The number of furan rings is 1. The van der Waals surface area contributed by atoms with Crippen LogP contribution in [0.4, 0.5) is 4.39 Å². The minimum atomic E-state index is -0.129. The molecule has 0 spiro atoms. The average molecular weight is 233 g/mol. The molecule has 0 fully saturated rings. The highest BCUT2D eigenvalue weighted by atomic mass is 19.1. The van der Waals surface area contributed by atoms with Crippen molar-refractivity contribution in [2.75, 3.05) is 7.05 Å². The van der Waals surface area contributed by atoms with Crippen molar-refractivity contribution in [1.29, 1.82) is 0 Å². The number of aryl methyl sites for hydroxylation is 2. The Morgan fingerprint density at radius 2 is 1.82 bits per heavy atom. The first-order valence-electron chi connectivity index (χ1n) is 5.59. The van der Waals surface area contributed by atoms with E-state index in [4.69, 9.17) is 4.42 Å². The standard InChI is InChI=1S/C14H16FNO/c1-9-6-12(7-10(2)13(9)15)14(16-3)11-4-5-17-8-11/h4-8,14,16H,1-3H3. The van der Waals surface area contributed by atoms with Gasteiger partial charge in [-0.25, -0.2) is 4.39 Å². The normalized spacial score (nSPS) is 12.7. The molecule has 2 nitrogen and oxygen atoms in total. The van der Waals surface area contributed by atoms with Gasteiger partial charge in [-0.1, -0.05) is 12.1 Å². The van der Waals surface area contributed by atoms with Gasteiger partial charge in [0, 0.05) is 5.56 Å². The van der Waals surface area contributed by atoms with Crippen molar-refractivity contribution in [1.82, 2.24) is 5.32 Å². The van der Waals surface area contributed by atoms with Crippen molar-refractivity contribution < 1.29 is 8.81 Å². The zero-order valence-electron chi connectivity index (χ0n) is 10.3. The second-order valence-electron chi connectivity index (χ2n) is 4.25. The number of halogens is 1. The molecule has 2 aromatic rings. The van der Waals surface area contributed by atoms with Gasteiger partial charge in [0.05, 0.1) is 18.6 Å². The van der Waals surface area contributed by atoms with E-state index < -0.39 is 0 Å². The number of hydrogen-bond acceptors (Lipinski definition) is 2. The maximum atomic E-state index is 13.6. The van der Waals surface area contributed by atoms with E-state index in [9.17, 15) is 4.39 Å². The number of hydrogen-bond donors (Lipinski definition) is 1. The van der Waals surface area contributed by atoms with Gasteiger partial charge in [-0.2, -0.15) is 0 Å². The van der Waals surface area contributed by atoms with Crippen LogP contribution in [0, 0.1) is 19.7 Å². The molecule has 0 aliphatic carbocycles. The SMILES string of the molecule is CNC(c1ccoc1)c1cc(C)c(F)c(C)c1. The highest BCUT2D eigenvalue weighted by Gasteiger charge is 2.15. The summed E-state index contributed by atoms with van der Waals surface area (Å²) in [5.41, 5.74) is 3.43. The molecule has 1 heterocycles. The lowest BCUT2D eigenvalue weighted by Gasteiger charge is -2.16. The summed E-state index contributed by atoms with van der Waals surface area (Å²) in [5.74, 6) is -0.129. The molecule has 0 aliphatic rings. The summed E-state index contributed by atoms with van der Waals surface area (Å²) in [6.45, 7) is 3.57. The van der Waals surface area contributed by atoms with E-state index in [0.717, 1.165) is 11.1 Å². The van der Waals surface area contributed by atoms with Crippen LogP contribution < -0.4 is 5.32 Å². The predicted octanol–water partition coefficient (Wildman–Crippen LogP) is 3.34. The average Bonchev–Trinajstić information content (AvgIpc) is 2.80. The molecule has 0 aliphatic heterocycles. The smallest absolute Gasteiger partial charge is 0.129 e. The van der Waals surface area contributed by atoms with Crippen LogP contribution in [0.1, 0.15) is 28.3 Å². The van der Waals surface area contributed by atoms with Gasteiger partial charge in [0.1, 0.15) is 5.82 Å². The van der Waals surface area contributed by atoms with E-state index in [0.29, 0.717) is 11.1 Å². The van der Waals surface area contributed by atoms with E-state index in [-0.39, 0.29) is 11.9 Å². The summed E-state index contributed by atoms with van der Waals surface area (Å²) in [5, 5.41) is 3.21. The van der Waals surface area contributed by atoms with Gasteiger partial charge >= 0.3 is 0 Å². The zero-order valence-corrected chi connectivity index (χ0v) is 10.3. The van der Waals surface area contributed by atoms with E-state index in [1.54, 1.807) is 26.4 Å². The van der Waals surface area contributed by atoms with Gasteiger partial charge in [-0.15, -0.1) is 0 Å². The molecule has 1 aromatic carbocycles. The maximum absolute atomic E-state index is 13.6. The lowest BCUT2D eigenvalue weighted by molar-refractivity contribution is 0.557. The van der Waals surface area contributed by atoms with E-state index in [1.165, 1.54) is 0 Å².